The van der Waals surface area contributed by atoms with Gasteiger partial charge < -0.3 is 29.7 Å². The van der Waals surface area contributed by atoms with Gasteiger partial charge in [-0.05, 0) is 94.1 Å². The molecule has 2 bridgehead atoms. The number of aromatic nitrogens is 2. The van der Waals surface area contributed by atoms with Gasteiger partial charge in [0.1, 0.15) is 40.8 Å². The summed E-state index contributed by atoms with van der Waals surface area (Å²) in [5, 5.41) is 5.29. The smallest absolute Gasteiger partial charge is 0.408 e. The van der Waals surface area contributed by atoms with E-state index in [1.807, 2.05) is 46.8 Å². The van der Waals surface area contributed by atoms with E-state index in [1.54, 1.807) is 13.2 Å². The predicted octanol–water partition coefficient (Wildman–Crippen LogP) is 5.09. The van der Waals surface area contributed by atoms with Crippen molar-refractivity contribution in [3.05, 3.63) is 23.9 Å². The van der Waals surface area contributed by atoms with Crippen LogP contribution in [0.2, 0.25) is 0 Å². The van der Waals surface area contributed by atoms with Gasteiger partial charge in [0, 0.05) is 17.4 Å². The quantitative estimate of drug-likeness (QED) is 0.321. The van der Waals surface area contributed by atoms with E-state index < -0.39 is 79.7 Å². The molecule has 1 saturated heterocycles. The largest absolute Gasteiger partial charge is 0.497 e. The fourth-order valence-corrected chi connectivity index (χ4v) is 11.9. The lowest BCUT2D eigenvalue weighted by molar-refractivity contribution is -0.143. The minimum Gasteiger partial charge on any atom is -0.497 e. The van der Waals surface area contributed by atoms with Crippen LogP contribution in [0.3, 0.4) is 0 Å². The zero-order valence-electron chi connectivity index (χ0n) is 35.2. The molecular formula is C43H60N6O9S. The molecule has 1 aromatic heterocycles. The van der Waals surface area contributed by atoms with Gasteiger partial charge in [0.2, 0.25) is 27.7 Å². The lowest BCUT2D eigenvalue weighted by Gasteiger charge is -2.36. The van der Waals surface area contributed by atoms with Crippen LogP contribution in [-0.4, -0.2) is 95.3 Å². The number of amides is 4. The molecule has 6 aliphatic rings. The van der Waals surface area contributed by atoms with Gasteiger partial charge in [-0.3, -0.25) is 19.1 Å². The summed E-state index contributed by atoms with van der Waals surface area (Å²) in [6.45, 7) is 9.35. The van der Waals surface area contributed by atoms with Crippen molar-refractivity contribution in [2.24, 2.45) is 22.7 Å². The van der Waals surface area contributed by atoms with Crippen LogP contribution in [0.25, 0.3) is 11.0 Å². The Morgan fingerprint density at radius 1 is 1.02 bits per heavy atom. The number of fused-ring (bicyclic) bond motifs is 4. The van der Waals surface area contributed by atoms with Crippen molar-refractivity contribution in [3.63, 3.8) is 0 Å². The third kappa shape index (κ3) is 7.60. The Labute approximate surface area is 346 Å². The van der Waals surface area contributed by atoms with Gasteiger partial charge in [-0.2, -0.15) is 0 Å². The Kier molecular flexibility index (Phi) is 10.6. The second-order valence-corrected chi connectivity index (χ2v) is 21.1. The maximum atomic E-state index is 15.1. The number of nitrogens with zero attached hydrogens (tertiary/aromatic N) is 3. The number of benzene rings is 1. The number of ether oxygens (including phenoxy) is 3. The zero-order valence-corrected chi connectivity index (χ0v) is 36.0. The first-order chi connectivity index (χ1) is 28.0. The van der Waals surface area contributed by atoms with Crippen molar-refractivity contribution in [3.8, 4) is 11.6 Å². The van der Waals surface area contributed by atoms with E-state index in [9.17, 15) is 22.8 Å². The topological polar surface area (TPSA) is 195 Å². The van der Waals surface area contributed by atoms with Gasteiger partial charge in [0.25, 0.3) is 5.91 Å². The summed E-state index contributed by atoms with van der Waals surface area (Å²) in [4.78, 5) is 69.1. The van der Waals surface area contributed by atoms with Crippen LogP contribution < -0.4 is 24.8 Å². The molecule has 0 spiro atoms. The number of nitrogens with one attached hydrogen (secondary N) is 3. The highest BCUT2D eigenvalue weighted by molar-refractivity contribution is 7.91. The third-order valence-corrected chi connectivity index (χ3v) is 16.1. The van der Waals surface area contributed by atoms with Crippen LogP contribution in [0.4, 0.5) is 4.79 Å². The van der Waals surface area contributed by atoms with E-state index in [0.717, 1.165) is 51.4 Å². The van der Waals surface area contributed by atoms with Crippen LogP contribution in [0.5, 0.6) is 11.6 Å². The number of sulfonamides is 1. The number of alkyl carbamates (subject to hydrolysis) is 1. The molecule has 1 aromatic carbocycles. The number of carbonyl (C=O) groups is 4. The van der Waals surface area contributed by atoms with Gasteiger partial charge in [0.05, 0.1) is 29.9 Å². The summed E-state index contributed by atoms with van der Waals surface area (Å²) in [5.74, 6) is -1.78. The number of hydrogen-bond donors (Lipinski definition) is 3. The number of rotatable bonds is 8. The van der Waals surface area contributed by atoms with Crippen molar-refractivity contribution in [1.82, 2.24) is 30.2 Å². The van der Waals surface area contributed by atoms with Gasteiger partial charge in [-0.1, -0.05) is 53.9 Å². The Morgan fingerprint density at radius 2 is 1.78 bits per heavy atom. The van der Waals surface area contributed by atoms with Crippen molar-refractivity contribution >= 4 is 44.9 Å². The number of hydrogen-bond acceptors (Lipinski definition) is 11. The van der Waals surface area contributed by atoms with Crippen molar-refractivity contribution in [2.45, 2.75) is 159 Å². The van der Waals surface area contributed by atoms with E-state index in [0.29, 0.717) is 60.5 Å². The molecule has 3 N–H and O–H groups in total. The molecule has 0 unspecified atom stereocenters. The molecular weight excluding hydrogens is 777 g/mol. The molecule has 4 amide bonds. The van der Waals surface area contributed by atoms with Crippen molar-refractivity contribution < 1.29 is 41.8 Å². The summed E-state index contributed by atoms with van der Waals surface area (Å²) in [5.41, 5.74) is -0.909. The standard InChI is InChI=1S/C43H60N6O9S/c1-7-25-22-43(25,38(52)48-59(54,55)27-15-16-27)47-35(50)33-28(8-2)32-23-49(33)37(51)34(40(3,4)5)46-39(53)58-42-20-12-19-41(42,24-42)18-11-9-10-13-30-36(57-32)45-31-21-26(56-6)14-17-29(31)44-30/h14,17,21,25,27-28,32-34H,7-13,15-16,18-20,22-24H2,1-6H3,(H,46,53)(H,47,50)(H,48,52)/t25-,28-,32+,33+,34-,41-,42+,43-/m1/s1. The van der Waals surface area contributed by atoms with Crippen molar-refractivity contribution in [2.75, 3.05) is 13.7 Å². The summed E-state index contributed by atoms with van der Waals surface area (Å²) < 4.78 is 46.7. The second kappa shape index (κ2) is 15.1. The lowest BCUT2D eigenvalue weighted by atomic mass is 9.85. The normalized spacial score (nSPS) is 33.5. The SMILES string of the molecule is CC[C@@H]1[C@@H]2CN(C(=O)[C@H](C(C)(C)C)NC(=O)O[C@]34CCC[C@]3(CCCCCc3nc5ccc(OC)cc5nc3O2)C4)[C@@H]1C(=O)N[C@]1(C(=O)NS(=O)(=O)C2CC2)C[C@H]1CC. The van der Waals surface area contributed by atoms with Crippen LogP contribution in [-0.2, 0) is 35.6 Å². The monoisotopic (exact) mass is 836 g/mol. The molecule has 4 saturated carbocycles. The zero-order chi connectivity index (χ0) is 42.1. The first-order valence-electron chi connectivity index (χ1n) is 21.7. The van der Waals surface area contributed by atoms with Gasteiger partial charge in [-0.25, -0.2) is 23.2 Å². The molecule has 59 heavy (non-hydrogen) atoms. The van der Waals surface area contributed by atoms with E-state index in [2.05, 4.69) is 15.4 Å². The summed E-state index contributed by atoms with van der Waals surface area (Å²) in [7, 11) is -2.30. The van der Waals surface area contributed by atoms with Crippen LogP contribution in [0.1, 0.15) is 124 Å². The number of methoxy groups -OCH3 is 1. The average Bonchev–Trinajstić information content (AvgIpc) is 4.14. The van der Waals surface area contributed by atoms with Crippen LogP contribution in [0.15, 0.2) is 18.2 Å². The van der Waals surface area contributed by atoms with Gasteiger partial charge in [0.15, 0.2) is 0 Å². The molecule has 16 heteroatoms. The Bertz CT molecular complexity index is 2140. The lowest BCUT2D eigenvalue weighted by Crippen LogP contribution is -2.61. The predicted molar refractivity (Wildman–Crippen MR) is 218 cm³/mol. The molecule has 2 aliphatic heterocycles. The van der Waals surface area contributed by atoms with Crippen molar-refractivity contribution in [1.29, 1.82) is 0 Å². The average molecular weight is 837 g/mol. The number of aryl methyl sites for hydroxylation is 1. The highest BCUT2D eigenvalue weighted by atomic mass is 32.2. The molecule has 8 rings (SSSR count). The molecule has 0 radical (unpaired) electrons. The first-order valence-corrected chi connectivity index (χ1v) is 23.2. The van der Waals surface area contributed by atoms with E-state index in [1.165, 1.54) is 4.90 Å². The third-order valence-electron chi connectivity index (χ3n) is 14.3. The molecule has 15 nitrogen and oxygen atoms in total. The Balaban J connectivity index is 1.17. The molecule has 5 fully saturated rings. The maximum Gasteiger partial charge on any atom is 0.408 e. The Hall–Kier alpha value is -4.21. The molecule has 2 aromatic rings. The minimum atomic E-state index is -3.89. The summed E-state index contributed by atoms with van der Waals surface area (Å²) >= 11 is 0. The molecule has 3 heterocycles. The maximum absolute atomic E-state index is 15.1. The van der Waals surface area contributed by atoms with Crippen LogP contribution >= 0.6 is 0 Å². The number of carbonyl (C=O) groups excluding carboxylic acids is 4. The minimum absolute atomic E-state index is 0.0183. The Morgan fingerprint density at radius 3 is 2.46 bits per heavy atom. The second-order valence-electron chi connectivity index (χ2n) is 19.1. The summed E-state index contributed by atoms with van der Waals surface area (Å²) in [6.07, 6.45) is 8.65. The van der Waals surface area contributed by atoms with Gasteiger partial charge >= 0.3 is 6.09 Å². The highest BCUT2D eigenvalue weighted by Crippen LogP contribution is 2.71. The molecule has 4 aliphatic carbocycles. The van der Waals surface area contributed by atoms with Gasteiger partial charge in [-0.15, -0.1) is 0 Å². The van der Waals surface area contributed by atoms with Crippen LogP contribution in [0, 0.1) is 22.7 Å². The molecule has 322 valence electrons. The fourth-order valence-electron chi connectivity index (χ4n) is 10.5. The summed E-state index contributed by atoms with van der Waals surface area (Å²) in [6, 6.07) is 3.29. The van der Waals surface area contributed by atoms with E-state index in [-0.39, 0.29) is 24.3 Å². The van der Waals surface area contributed by atoms with E-state index in [4.69, 9.17) is 24.2 Å². The molecule has 8 atom stereocenters. The fraction of sp³-hybridized carbons (Fsp3) is 0.721. The first kappa shape index (κ1) is 41.5. The van der Waals surface area contributed by atoms with E-state index >= 15 is 4.79 Å². The highest BCUT2D eigenvalue weighted by Gasteiger charge is 2.72.